The summed E-state index contributed by atoms with van der Waals surface area (Å²) in [6, 6.07) is 0.537. The number of nitrogens with zero attached hydrogens (tertiary/aromatic N) is 3. The van der Waals surface area contributed by atoms with Gasteiger partial charge in [-0.05, 0) is 45.4 Å². The number of aromatic nitrogens is 2. The van der Waals surface area contributed by atoms with Crippen LogP contribution in [0.5, 0.6) is 0 Å². The highest BCUT2D eigenvalue weighted by molar-refractivity contribution is 5.14. The van der Waals surface area contributed by atoms with Crippen molar-refractivity contribution < 1.29 is 0 Å². The summed E-state index contributed by atoms with van der Waals surface area (Å²) in [6.45, 7) is 8.75. The molecule has 0 saturated carbocycles. The highest BCUT2D eigenvalue weighted by Crippen LogP contribution is 2.35. The van der Waals surface area contributed by atoms with Crippen LogP contribution < -0.4 is 5.32 Å². The van der Waals surface area contributed by atoms with E-state index in [0.29, 0.717) is 12.0 Å². The minimum atomic E-state index is 0.537. The molecular weight excluding hydrogens is 224 g/mol. The molecule has 1 saturated heterocycles. The van der Waals surface area contributed by atoms with Gasteiger partial charge in [0.1, 0.15) is 0 Å². The number of rotatable bonds is 6. The van der Waals surface area contributed by atoms with E-state index in [-0.39, 0.29) is 0 Å². The largest absolute Gasteiger partial charge is 0.317 e. The van der Waals surface area contributed by atoms with Gasteiger partial charge in [-0.15, -0.1) is 0 Å². The van der Waals surface area contributed by atoms with Crippen molar-refractivity contribution in [3.63, 3.8) is 0 Å². The zero-order valence-electron chi connectivity index (χ0n) is 11.9. The SMILES string of the molecule is CCCn1cc(C2C(CNCC)CCN2C)cn1. The summed E-state index contributed by atoms with van der Waals surface area (Å²) in [4.78, 5) is 2.47. The second kappa shape index (κ2) is 6.34. The second-order valence-corrected chi connectivity index (χ2v) is 5.32. The molecule has 0 aliphatic carbocycles. The summed E-state index contributed by atoms with van der Waals surface area (Å²) in [7, 11) is 2.23. The van der Waals surface area contributed by atoms with Crippen LogP contribution >= 0.6 is 0 Å². The summed E-state index contributed by atoms with van der Waals surface area (Å²) < 4.78 is 2.08. The lowest BCUT2D eigenvalue weighted by atomic mass is 9.96. The third kappa shape index (κ3) is 2.93. The molecule has 0 radical (unpaired) electrons. The molecule has 18 heavy (non-hydrogen) atoms. The minimum Gasteiger partial charge on any atom is -0.317 e. The van der Waals surface area contributed by atoms with E-state index < -0.39 is 0 Å². The van der Waals surface area contributed by atoms with E-state index in [1.165, 1.54) is 18.5 Å². The zero-order chi connectivity index (χ0) is 13.0. The van der Waals surface area contributed by atoms with Crippen LogP contribution in [0.15, 0.2) is 12.4 Å². The minimum absolute atomic E-state index is 0.537. The molecule has 102 valence electrons. The van der Waals surface area contributed by atoms with Crippen LogP contribution in [0.3, 0.4) is 0 Å². The van der Waals surface area contributed by atoms with Crippen molar-refractivity contribution in [2.75, 3.05) is 26.7 Å². The lowest BCUT2D eigenvalue weighted by Gasteiger charge is -2.24. The Kier molecular flexibility index (Phi) is 4.78. The molecule has 4 nitrogen and oxygen atoms in total. The van der Waals surface area contributed by atoms with Crippen LogP contribution in [0.4, 0.5) is 0 Å². The van der Waals surface area contributed by atoms with Gasteiger partial charge in [-0.25, -0.2) is 0 Å². The number of hydrogen-bond acceptors (Lipinski definition) is 3. The van der Waals surface area contributed by atoms with Crippen LogP contribution in [0.1, 0.15) is 38.3 Å². The first-order valence-corrected chi connectivity index (χ1v) is 7.19. The van der Waals surface area contributed by atoms with E-state index in [1.807, 2.05) is 0 Å². The Morgan fingerprint density at radius 1 is 1.44 bits per heavy atom. The Morgan fingerprint density at radius 2 is 2.28 bits per heavy atom. The fourth-order valence-electron chi connectivity index (χ4n) is 2.98. The Hall–Kier alpha value is -0.870. The summed E-state index contributed by atoms with van der Waals surface area (Å²) in [6.07, 6.45) is 6.71. The molecule has 2 heterocycles. The molecule has 1 fully saturated rings. The van der Waals surface area contributed by atoms with Gasteiger partial charge in [-0.2, -0.15) is 5.10 Å². The lowest BCUT2D eigenvalue weighted by molar-refractivity contribution is 0.272. The Morgan fingerprint density at radius 3 is 3.00 bits per heavy atom. The Balaban J connectivity index is 2.06. The smallest absolute Gasteiger partial charge is 0.0537 e. The first kappa shape index (κ1) is 13.6. The molecule has 1 aliphatic heterocycles. The fourth-order valence-corrected chi connectivity index (χ4v) is 2.98. The van der Waals surface area contributed by atoms with E-state index >= 15 is 0 Å². The van der Waals surface area contributed by atoms with Gasteiger partial charge in [0, 0.05) is 24.3 Å². The van der Waals surface area contributed by atoms with Crippen LogP contribution in [0.2, 0.25) is 0 Å². The number of aryl methyl sites for hydroxylation is 1. The van der Waals surface area contributed by atoms with Gasteiger partial charge < -0.3 is 5.32 Å². The quantitative estimate of drug-likeness (QED) is 0.837. The van der Waals surface area contributed by atoms with Gasteiger partial charge in [0.15, 0.2) is 0 Å². The van der Waals surface area contributed by atoms with Crippen LogP contribution in [-0.2, 0) is 6.54 Å². The summed E-state index contributed by atoms with van der Waals surface area (Å²) in [5.41, 5.74) is 1.38. The molecule has 0 spiro atoms. The average molecular weight is 250 g/mol. The van der Waals surface area contributed by atoms with Crippen LogP contribution in [0, 0.1) is 5.92 Å². The first-order valence-electron chi connectivity index (χ1n) is 7.19. The van der Waals surface area contributed by atoms with Crippen molar-refractivity contribution in [3.05, 3.63) is 18.0 Å². The summed E-state index contributed by atoms with van der Waals surface area (Å²) >= 11 is 0. The van der Waals surface area contributed by atoms with Gasteiger partial charge in [0.05, 0.1) is 6.20 Å². The van der Waals surface area contributed by atoms with Crippen molar-refractivity contribution >= 4 is 0 Å². The summed E-state index contributed by atoms with van der Waals surface area (Å²) in [5.74, 6) is 0.717. The highest BCUT2D eigenvalue weighted by Gasteiger charge is 2.33. The van der Waals surface area contributed by atoms with Gasteiger partial charge in [-0.3, -0.25) is 9.58 Å². The molecule has 2 atom stereocenters. The second-order valence-electron chi connectivity index (χ2n) is 5.32. The maximum Gasteiger partial charge on any atom is 0.0537 e. The predicted octanol–water partition coefficient (Wildman–Crippen LogP) is 1.90. The normalized spacial score (nSPS) is 24.8. The maximum atomic E-state index is 4.47. The molecule has 4 heteroatoms. The van der Waals surface area contributed by atoms with E-state index in [9.17, 15) is 0 Å². The number of likely N-dealkylation sites (tertiary alicyclic amines) is 1. The third-order valence-electron chi connectivity index (χ3n) is 3.88. The predicted molar refractivity (Wildman–Crippen MR) is 74.5 cm³/mol. The van der Waals surface area contributed by atoms with Crippen LogP contribution in [-0.4, -0.2) is 41.4 Å². The molecule has 2 rings (SSSR count). The van der Waals surface area contributed by atoms with E-state index in [1.54, 1.807) is 0 Å². The van der Waals surface area contributed by atoms with Crippen molar-refractivity contribution in [1.29, 1.82) is 0 Å². The monoisotopic (exact) mass is 250 g/mol. The van der Waals surface area contributed by atoms with E-state index in [2.05, 4.69) is 53.3 Å². The van der Waals surface area contributed by atoms with Crippen molar-refractivity contribution in [2.24, 2.45) is 5.92 Å². The van der Waals surface area contributed by atoms with Gasteiger partial charge in [-0.1, -0.05) is 13.8 Å². The molecular formula is C14H26N4. The zero-order valence-corrected chi connectivity index (χ0v) is 11.9. The number of nitrogens with one attached hydrogen (secondary N) is 1. The van der Waals surface area contributed by atoms with E-state index in [4.69, 9.17) is 0 Å². The van der Waals surface area contributed by atoms with E-state index in [0.717, 1.165) is 26.1 Å². The molecule has 2 unspecified atom stereocenters. The molecule has 1 aromatic heterocycles. The molecule has 1 aliphatic rings. The summed E-state index contributed by atoms with van der Waals surface area (Å²) in [5, 5.41) is 7.96. The fraction of sp³-hybridized carbons (Fsp3) is 0.786. The molecule has 0 bridgehead atoms. The molecule has 0 amide bonds. The lowest BCUT2D eigenvalue weighted by Crippen LogP contribution is -2.28. The molecule has 0 aromatic carbocycles. The Bertz CT molecular complexity index is 360. The number of hydrogen-bond donors (Lipinski definition) is 1. The van der Waals surface area contributed by atoms with Crippen molar-refractivity contribution in [2.45, 2.75) is 39.3 Å². The standard InChI is InChI=1S/C14H26N4/c1-4-7-18-11-13(10-16-18)14-12(9-15-5-2)6-8-17(14)3/h10-12,14-15H,4-9H2,1-3H3. The molecule has 1 N–H and O–H groups in total. The topological polar surface area (TPSA) is 33.1 Å². The highest BCUT2D eigenvalue weighted by atomic mass is 15.3. The van der Waals surface area contributed by atoms with Gasteiger partial charge >= 0.3 is 0 Å². The van der Waals surface area contributed by atoms with Gasteiger partial charge in [0.25, 0.3) is 0 Å². The van der Waals surface area contributed by atoms with Crippen molar-refractivity contribution in [1.82, 2.24) is 20.0 Å². The maximum absolute atomic E-state index is 4.47. The first-order chi connectivity index (χ1) is 8.76. The molecule has 1 aromatic rings. The van der Waals surface area contributed by atoms with Crippen LogP contribution in [0.25, 0.3) is 0 Å². The van der Waals surface area contributed by atoms with Gasteiger partial charge in [0.2, 0.25) is 0 Å². The average Bonchev–Trinajstić information content (AvgIpc) is 2.94. The van der Waals surface area contributed by atoms with Crippen molar-refractivity contribution in [3.8, 4) is 0 Å². The Labute approximate surface area is 110 Å². The third-order valence-corrected chi connectivity index (χ3v) is 3.88.